The van der Waals surface area contributed by atoms with E-state index < -0.39 is 66.6 Å². The highest BCUT2D eigenvalue weighted by Crippen LogP contribution is 2.28. The Morgan fingerprint density at radius 1 is 0.978 bits per heavy atom. The van der Waals surface area contributed by atoms with Gasteiger partial charge in [-0.05, 0) is 44.8 Å². The molecule has 12 heteroatoms. The molecule has 0 aromatic rings. The van der Waals surface area contributed by atoms with Crippen molar-refractivity contribution in [2.24, 2.45) is 23.5 Å². The van der Waals surface area contributed by atoms with E-state index in [1.54, 1.807) is 62.5 Å². The molecule has 1 unspecified atom stereocenters. The summed E-state index contributed by atoms with van der Waals surface area (Å²) >= 11 is 3.45. The topological polar surface area (TPSA) is 197 Å². The van der Waals surface area contributed by atoms with Crippen molar-refractivity contribution in [1.29, 1.82) is 0 Å². The monoisotopic (exact) mass is 711 g/mol. The molecule has 0 aliphatic heterocycles. The molecule has 0 aromatic carbocycles. The van der Waals surface area contributed by atoms with Crippen molar-refractivity contribution >= 4 is 33.8 Å². The highest BCUT2D eigenvalue weighted by molar-refractivity contribution is 9.11. The number of Topliss-reactive ketones (excluding diaryl/α,β-unsaturated/α-hetero) is 1. The molecular formula is C34H50BrNO10. The molecule has 1 amide bonds. The second-order valence-electron chi connectivity index (χ2n) is 11.5. The van der Waals surface area contributed by atoms with Crippen LogP contribution in [0.3, 0.4) is 0 Å². The number of hydrogen-bond donors (Lipinski definition) is 6. The van der Waals surface area contributed by atoms with Gasteiger partial charge in [-0.15, -0.1) is 0 Å². The lowest BCUT2D eigenvalue weighted by Gasteiger charge is -2.32. The van der Waals surface area contributed by atoms with E-state index in [0.717, 1.165) is 5.57 Å². The zero-order chi connectivity index (χ0) is 34.8. The van der Waals surface area contributed by atoms with E-state index in [4.69, 9.17) is 15.2 Å². The normalized spacial score (nSPS) is 23.9. The Balaban J connectivity index is 2.58. The number of primary amides is 1. The van der Waals surface area contributed by atoms with Gasteiger partial charge in [-0.2, -0.15) is 0 Å². The lowest BCUT2D eigenvalue weighted by molar-refractivity contribution is -0.167. The Bertz CT molecular complexity index is 1160. The van der Waals surface area contributed by atoms with Crippen molar-refractivity contribution in [3.8, 4) is 0 Å². The minimum absolute atomic E-state index is 0.143. The van der Waals surface area contributed by atoms with Crippen molar-refractivity contribution in [2.45, 2.75) is 103 Å². The van der Waals surface area contributed by atoms with E-state index in [2.05, 4.69) is 15.9 Å². The molecule has 0 bridgehead atoms. The smallest absolute Gasteiger partial charge is 0.405 e. The summed E-state index contributed by atoms with van der Waals surface area (Å²) in [4.78, 5) is 35.0. The summed E-state index contributed by atoms with van der Waals surface area (Å²) in [5, 5.41) is 50.5. The summed E-state index contributed by atoms with van der Waals surface area (Å²) < 4.78 is 11.2. The van der Waals surface area contributed by atoms with Gasteiger partial charge in [0, 0.05) is 29.2 Å². The third kappa shape index (κ3) is 16.1. The predicted octanol–water partition coefficient (Wildman–Crippen LogP) is 4.60. The molecule has 1 aliphatic carbocycles. The van der Waals surface area contributed by atoms with Gasteiger partial charge in [0.15, 0.2) is 6.29 Å². The number of nitrogens with two attached hydrogens (primary N) is 1. The molecule has 46 heavy (non-hydrogen) atoms. The number of aliphatic hydroxyl groups excluding tert-OH is 4. The standard InChI is InChI=1S/C34H50BrNO10/c1-5-6-14-30(46-34(36)44)23(4)29(40)20-25(37)19-28(39)22(3)26(35)13-9-7-11-21(2)12-8-10-15-32(41)45-31-18-24(33(42)43)16-17-27(31)38/h6-15,22-24,27-32,38-41H,5,16-20H2,1-4H3,(H2,36,44)(H,42,43)/b9-7+,12-8+,14-6+,15-10+,21-11+,26-13-/t22-,23+,24+,27+,28+,29-,30-,31-,32?/m1/s1. The average molecular weight is 713 g/mol. The van der Waals surface area contributed by atoms with Crippen molar-refractivity contribution in [3.63, 3.8) is 0 Å². The third-order valence-electron chi connectivity index (χ3n) is 7.72. The number of amides is 1. The number of carbonyl (C=O) groups is 3. The minimum atomic E-state index is -1.28. The Morgan fingerprint density at radius 2 is 1.63 bits per heavy atom. The van der Waals surface area contributed by atoms with Crippen LogP contribution in [0.15, 0.2) is 70.8 Å². The summed E-state index contributed by atoms with van der Waals surface area (Å²) in [5.41, 5.74) is 6.03. The van der Waals surface area contributed by atoms with Gasteiger partial charge in [-0.25, -0.2) is 4.79 Å². The number of allylic oxidation sites excluding steroid dienone is 9. The SMILES string of the molecule is CC/C=C/[C@@H](OC(N)=O)[C@@H](C)[C@H](O)CC(=O)C[C@H](O)[C@H](C)/C(Br)=C/C=C/C=C(C)/C=C/C=C/C(O)O[C@@H]1C[C@@H](C(=O)O)CC[C@@H]1O. The molecule has 9 atom stereocenters. The molecule has 258 valence electrons. The number of halogens is 1. The Kier molecular flexibility index (Phi) is 19.5. The fraction of sp³-hybridized carbons (Fsp3) is 0.559. The lowest BCUT2D eigenvalue weighted by Crippen LogP contribution is -2.40. The fourth-order valence-corrected chi connectivity index (χ4v) is 5.14. The summed E-state index contributed by atoms with van der Waals surface area (Å²) in [6.07, 6.45) is 11.6. The van der Waals surface area contributed by atoms with Gasteiger partial charge in [0.25, 0.3) is 0 Å². The molecule has 0 heterocycles. The van der Waals surface area contributed by atoms with Crippen LogP contribution in [0.1, 0.15) is 66.2 Å². The summed E-state index contributed by atoms with van der Waals surface area (Å²) in [6.45, 7) is 7.21. The van der Waals surface area contributed by atoms with Gasteiger partial charge < -0.3 is 40.7 Å². The first-order valence-electron chi connectivity index (χ1n) is 15.5. The lowest BCUT2D eigenvalue weighted by atomic mass is 9.85. The molecule has 0 saturated heterocycles. The first-order valence-corrected chi connectivity index (χ1v) is 16.3. The van der Waals surface area contributed by atoms with E-state index in [-0.39, 0.29) is 25.0 Å². The maximum Gasteiger partial charge on any atom is 0.405 e. The van der Waals surface area contributed by atoms with Crippen LogP contribution in [0.4, 0.5) is 4.79 Å². The van der Waals surface area contributed by atoms with Crippen LogP contribution in [-0.4, -0.2) is 80.2 Å². The van der Waals surface area contributed by atoms with Crippen LogP contribution < -0.4 is 5.73 Å². The average Bonchev–Trinajstić information content (AvgIpc) is 2.99. The number of aliphatic carboxylic acids is 1. The summed E-state index contributed by atoms with van der Waals surface area (Å²) in [6, 6.07) is 0. The van der Waals surface area contributed by atoms with Gasteiger partial charge in [0.05, 0.1) is 30.3 Å². The Labute approximate surface area is 280 Å². The molecule has 1 fully saturated rings. The van der Waals surface area contributed by atoms with E-state index >= 15 is 0 Å². The van der Waals surface area contributed by atoms with Gasteiger partial charge >= 0.3 is 12.1 Å². The molecule has 11 nitrogen and oxygen atoms in total. The van der Waals surface area contributed by atoms with Gasteiger partial charge in [-0.3, -0.25) is 9.59 Å². The highest BCUT2D eigenvalue weighted by Gasteiger charge is 2.34. The van der Waals surface area contributed by atoms with Crippen molar-refractivity contribution in [1.82, 2.24) is 0 Å². The number of hydrogen-bond acceptors (Lipinski definition) is 9. The van der Waals surface area contributed by atoms with Crippen LogP contribution in [0.2, 0.25) is 0 Å². The molecule has 1 saturated carbocycles. The number of aliphatic hydroxyl groups is 4. The van der Waals surface area contributed by atoms with Crippen LogP contribution in [-0.2, 0) is 19.1 Å². The van der Waals surface area contributed by atoms with Crippen LogP contribution in [0.25, 0.3) is 0 Å². The molecule has 1 rings (SSSR count). The van der Waals surface area contributed by atoms with E-state index in [1.165, 1.54) is 6.08 Å². The number of carboxylic acid groups (broad SMARTS) is 1. The number of carbonyl (C=O) groups excluding carboxylic acids is 2. The summed E-state index contributed by atoms with van der Waals surface area (Å²) in [7, 11) is 0. The molecule has 7 N–H and O–H groups in total. The maximum atomic E-state index is 12.6. The molecular weight excluding hydrogens is 662 g/mol. The van der Waals surface area contributed by atoms with Crippen LogP contribution >= 0.6 is 15.9 Å². The van der Waals surface area contributed by atoms with E-state index in [1.807, 2.05) is 19.9 Å². The Morgan fingerprint density at radius 3 is 2.26 bits per heavy atom. The fourth-order valence-electron chi connectivity index (χ4n) is 4.68. The molecule has 1 aliphatic rings. The zero-order valence-electron chi connectivity index (χ0n) is 26.9. The highest BCUT2D eigenvalue weighted by atomic mass is 79.9. The van der Waals surface area contributed by atoms with E-state index in [0.29, 0.717) is 23.7 Å². The number of ether oxygens (including phenoxy) is 2. The second kappa shape index (κ2) is 21.8. The third-order valence-corrected chi connectivity index (χ3v) is 8.70. The minimum Gasteiger partial charge on any atom is -0.481 e. The quantitative estimate of drug-likeness (QED) is 0.0626. The van der Waals surface area contributed by atoms with Gasteiger partial charge in [0.2, 0.25) is 0 Å². The maximum absolute atomic E-state index is 12.6. The number of rotatable bonds is 19. The van der Waals surface area contributed by atoms with Crippen molar-refractivity contribution in [2.75, 3.05) is 0 Å². The van der Waals surface area contributed by atoms with Gasteiger partial charge in [0.1, 0.15) is 11.9 Å². The molecule has 0 radical (unpaired) electrons. The van der Waals surface area contributed by atoms with Crippen molar-refractivity contribution in [3.05, 3.63) is 70.8 Å². The Hall–Kier alpha value is -2.87. The largest absolute Gasteiger partial charge is 0.481 e. The van der Waals surface area contributed by atoms with E-state index in [9.17, 15) is 39.9 Å². The van der Waals surface area contributed by atoms with Gasteiger partial charge in [-0.1, -0.05) is 90.9 Å². The number of ketones is 1. The molecule has 0 aromatic heterocycles. The molecule has 0 spiro atoms. The van der Waals surface area contributed by atoms with Crippen molar-refractivity contribution < 1.29 is 49.4 Å². The second-order valence-corrected chi connectivity index (χ2v) is 12.5. The first-order chi connectivity index (χ1) is 21.7. The first kappa shape index (κ1) is 41.2. The predicted molar refractivity (Wildman–Crippen MR) is 179 cm³/mol. The van der Waals surface area contributed by atoms with Crippen LogP contribution in [0.5, 0.6) is 0 Å². The summed E-state index contributed by atoms with van der Waals surface area (Å²) in [5.74, 6) is -2.84. The zero-order valence-corrected chi connectivity index (χ0v) is 28.5. The van der Waals surface area contributed by atoms with Crippen LogP contribution in [0, 0.1) is 17.8 Å². The number of carboxylic acids is 1.